The van der Waals surface area contributed by atoms with Gasteiger partial charge in [0.1, 0.15) is 5.60 Å². The Morgan fingerprint density at radius 2 is 2.11 bits per heavy atom. The molecule has 0 bridgehead atoms. The predicted molar refractivity (Wildman–Crippen MR) is 70.9 cm³/mol. The molecule has 1 N–H and O–H groups in total. The lowest BCUT2D eigenvalue weighted by atomic mass is 9.94. The van der Waals surface area contributed by atoms with Crippen molar-refractivity contribution in [3.63, 3.8) is 0 Å². The second-order valence-corrected chi connectivity index (χ2v) is 6.48. The number of ether oxygens (including phenoxy) is 2. The number of nitrogens with zero attached hydrogens (tertiary/aromatic N) is 1. The van der Waals surface area contributed by atoms with Crippen molar-refractivity contribution in [2.75, 3.05) is 19.8 Å². The van der Waals surface area contributed by atoms with Gasteiger partial charge in [-0.3, -0.25) is 0 Å². The van der Waals surface area contributed by atoms with Crippen molar-refractivity contribution in [1.82, 2.24) is 4.90 Å². The predicted octanol–water partition coefficient (Wildman–Crippen LogP) is 1.78. The topological polar surface area (TPSA) is 59.0 Å². The van der Waals surface area contributed by atoms with Crippen molar-refractivity contribution in [3.05, 3.63) is 0 Å². The number of aliphatic hydroxyl groups is 1. The van der Waals surface area contributed by atoms with Crippen LogP contribution in [0.1, 0.15) is 40.0 Å². The number of morpholine rings is 1. The van der Waals surface area contributed by atoms with Gasteiger partial charge in [-0.1, -0.05) is 6.42 Å². The van der Waals surface area contributed by atoms with Crippen LogP contribution < -0.4 is 0 Å². The molecule has 2 rings (SSSR count). The van der Waals surface area contributed by atoms with Gasteiger partial charge >= 0.3 is 6.09 Å². The fraction of sp³-hybridized carbons (Fsp3) is 0.929. The van der Waals surface area contributed by atoms with Gasteiger partial charge in [-0.2, -0.15) is 0 Å². The Kier molecular flexibility index (Phi) is 4.36. The van der Waals surface area contributed by atoms with Gasteiger partial charge in [0, 0.05) is 12.5 Å². The number of hydrogen-bond acceptors (Lipinski definition) is 4. The van der Waals surface area contributed by atoms with Gasteiger partial charge < -0.3 is 19.5 Å². The number of amides is 1. The highest BCUT2D eigenvalue weighted by Crippen LogP contribution is 2.32. The van der Waals surface area contributed by atoms with Gasteiger partial charge in [0.15, 0.2) is 0 Å². The van der Waals surface area contributed by atoms with Crippen LogP contribution in [-0.4, -0.2) is 53.6 Å². The Hall–Kier alpha value is -0.810. The number of hydrogen-bond donors (Lipinski definition) is 1. The third-order valence-corrected chi connectivity index (χ3v) is 3.82. The number of carbonyl (C=O) groups is 1. The van der Waals surface area contributed by atoms with E-state index in [2.05, 4.69) is 0 Å². The maximum absolute atomic E-state index is 12.3. The molecule has 2 fully saturated rings. The molecule has 0 spiro atoms. The molecule has 110 valence electrons. The second-order valence-electron chi connectivity index (χ2n) is 6.48. The summed E-state index contributed by atoms with van der Waals surface area (Å²) in [6, 6.07) is -0.0545. The van der Waals surface area contributed by atoms with Gasteiger partial charge in [-0.25, -0.2) is 4.79 Å². The Balaban J connectivity index is 2.05. The lowest BCUT2D eigenvalue weighted by Crippen LogP contribution is -2.54. The summed E-state index contributed by atoms with van der Waals surface area (Å²) in [5.74, 6) is 0.118. The number of rotatable bonds is 1. The Morgan fingerprint density at radius 1 is 1.37 bits per heavy atom. The Morgan fingerprint density at radius 3 is 2.68 bits per heavy atom. The minimum absolute atomic E-state index is 0.0545. The standard InChI is InChI=1S/C14H25NO4/c1-14(2,3)19-13(17)15-7-8-18-9-11(15)10-5-4-6-12(10)16/h10-12,16H,4-9H2,1-3H3/t10-,11+,12-/m0/s1. The van der Waals surface area contributed by atoms with Gasteiger partial charge in [0.25, 0.3) is 0 Å². The van der Waals surface area contributed by atoms with Crippen molar-refractivity contribution in [3.8, 4) is 0 Å². The highest BCUT2D eigenvalue weighted by molar-refractivity contribution is 5.68. The summed E-state index contributed by atoms with van der Waals surface area (Å²) >= 11 is 0. The quantitative estimate of drug-likeness (QED) is 0.790. The van der Waals surface area contributed by atoms with Crippen LogP contribution >= 0.6 is 0 Å². The average molecular weight is 271 g/mol. The van der Waals surface area contributed by atoms with E-state index in [0.29, 0.717) is 19.8 Å². The fourth-order valence-electron chi connectivity index (χ4n) is 2.94. The molecule has 0 aromatic rings. The van der Waals surface area contributed by atoms with Crippen molar-refractivity contribution in [2.24, 2.45) is 5.92 Å². The first-order chi connectivity index (χ1) is 8.88. The molecule has 3 atom stereocenters. The zero-order chi connectivity index (χ0) is 14.0. The molecule has 1 saturated carbocycles. The van der Waals surface area contributed by atoms with Crippen LogP contribution in [-0.2, 0) is 9.47 Å². The molecule has 0 aromatic carbocycles. The fourth-order valence-corrected chi connectivity index (χ4v) is 2.94. The summed E-state index contributed by atoms with van der Waals surface area (Å²) in [6.07, 6.45) is 2.18. The van der Waals surface area contributed by atoms with Crippen LogP contribution in [0.2, 0.25) is 0 Å². The molecular formula is C14H25NO4. The summed E-state index contributed by atoms with van der Waals surface area (Å²) in [5.41, 5.74) is -0.492. The second kappa shape index (κ2) is 5.67. The van der Waals surface area contributed by atoms with E-state index in [1.807, 2.05) is 20.8 Å². The highest BCUT2D eigenvalue weighted by atomic mass is 16.6. The molecule has 5 nitrogen and oxygen atoms in total. The van der Waals surface area contributed by atoms with Crippen molar-refractivity contribution < 1.29 is 19.4 Å². The zero-order valence-electron chi connectivity index (χ0n) is 12.1. The third-order valence-electron chi connectivity index (χ3n) is 3.82. The molecule has 1 aliphatic carbocycles. The van der Waals surface area contributed by atoms with E-state index in [1.54, 1.807) is 4.90 Å². The van der Waals surface area contributed by atoms with E-state index in [9.17, 15) is 9.90 Å². The molecular weight excluding hydrogens is 246 g/mol. The Labute approximate surface area is 114 Å². The lowest BCUT2D eigenvalue weighted by molar-refractivity contribution is -0.0595. The monoisotopic (exact) mass is 271 g/mol. The molecule has 1 amide bonds. The smallest absolute Gasteiger partial charge is 0.410 e. The molecule has 2 aliphatic rings. The van der Waals surface area contributed by atoms with E-state index < -0.39 is 5.60 Å². The maximum atomic E-state index is 12.3. The molecule has 0 aromatic heterocycles. The van der Waals surface area contributed by atoms with E-state index in [4.69, 9.17) is 9.47 Å². The molecule has 1 saturated heterocycles. The zero-order valence-corrected chi connectivity index (χ0v) is 12.1. The molecule has 5 heteroatoms. The number of carbonyl (C=O) groups excluding carboxylic acids is 1. The highest BCUT2D eigenvalue weighted by Gasteiger charge is 2.40. The van der Waals surface area contributed by atoms with Gasteiger partial charge in [0.05, 0.1) is 25.4 Å². The summed E-state index contributed by atoms with van der Waals surface area (Å²) in [6.45, 7) is 7.18. The van der Waals surface area contributed by atoms with Crippen LogP contribution in [0.3, 0.4) is 0 Å². The summed E-state index contributed by atoms with van der Waals surface area (Å²) in [7, 11) is 0. The van der Waals surface area contributed by atoms with Crippen molar-refractivity contribution in [1.29, 1.82) is 0 Å². The number of aliphatic hydroxyl groups excluding tert-OH is 1. The van der Waals surface area contributed by atoms with E-state index in [-0.39, 0.29) is 24.2 Å². The maximum Gasteiger partial charge on any atom is 0.410 e. The van der Waals surface area contributed by atoms with Gasteiger partial charge in [0.2, 0.25) is 0 Å². The Bertz CT molecular complexity index is 326. The van der Waals surface area contributed by atoms with Gasteiger partial charge in [-0.05, 0) is 33.6 Å². The van der Waals surface area contributed by atoms with Crippen molar-refractivity contribution in [2.45, 2.75) is 57.8 Å². The largest absolute Gasteiger partial charge is 0.444 e. The average Bonchev–Trinajstić information content (AvgIpc) is 2.73. The molecule has 0 unspecified atom stereocenters. The first kappa shape index (κ1) is 14.6. The first-order valence-electron chi connectivity index (χ1n) is 7.14. The van der Waals surface area contributed by atoms with Crippen LogP contribution in [0.15, 0.2) is 0 Å². The molecule has 0 radical (unpaired) electrons. The summed E-state index contributed by atoms with van der Waals surface area (Å²) in [4.78, 5) is 14.0. The van der Waals surface area contributed by atoms with Crippen molar-refractivity contribution >= 4 is 6.09 Å². The molecule has 19 heavy (non-hydrogen) atoms. The van der Waals surface area contributed by atoms with Gasteiger partial charge in [-0.15, -0.1) is 0 Å². The van der Waals surface area contributed by atoms with E-state index in [1.165, 1.54) is 0 Å². The van der Waals surface area contributed by atoms with Crippen LogP contribution in [0.4, 0.5) is 4.79 Å². The molecule has 1 heterocycles. The van der Waals surface area contributed by atoms with E-state index >= 15 is 0 Å². The van der Waals surface area contributed by atoms with E-state index in [0.717, 1.165) is 19.3 Å². The normalized spacial score (nSPS) is 32.4. The molecule has 1 aliphatic heterocycles. The summed E-state index contributed by atoms with van der Waals surface area (Å²) in [5, 5.41) is 10.0. The lowest BCUT2D eigenvalue weighted by Gasteiger charge is -2.40. The summed E-state index contributed by atoms with van der Waals surface area (Å²) < 4.78 is 10.9. The first-order valence-corrected chi connectivity index (χ1v) is 7.14. The third kappa shape index (κ3) is 3.60. The SMILES string of the molecule is CC(C)(C)OC(=O)N1CCOC[C@@H]1[C@@H]1CCC[C@@H]1O. The van der Waals surface area contributed by atoms with Crippen LogP contribution in [0, 0.1) is 5.92 Å². The van der Waals surface area contributed by atoms with Crippen LogP contribution in [0.5, 0.6) is 0 Å². The minimum atomic E-state index is -0.492. The van der Waals surface area contributed by atoms with Crippen LogP contribution in [0.25, 0.3) is 0 Å². The minimum Gasteiger partial charge on any atom is -0.444 e.